The highest BCUT2D eigenvalue weighted by atomic mass is 79.9. The summed E-state index contributed by atoms with van der Waals surface area (Å²) in [5.41, 5.74) is 7.46. The molecule has 0 fully saturated rings. The van der Waals surface area contributed by atoms with Crippen LogP contribution in [-0.2, 0) is 13.0 Å². The Balaban J connectivity index is 2.52. The standard InChI is InChI=1S/C12H12BrFN2S/c1-2-10-11(6-15)17-12(16-10)8-5-7(14)3-4-9(8)13/h3-5H,2,6,15H2,1H3. The molecule has 0 atom stereocenters. The van der Waals surface area contributed by atoms with Crippen LogP contribution in [0.2, 0.25) is 0 Å². The zero-order valence-electron chi connectivity index (χ0n) is 9.34. The quantitative estimate of drug-likeness (QED) is 0.937. The van der Waals surface area contributed by atoms with E-state index in [0.29, 0.717) is 6.54 Å². The van der Waals surface area contributed by atoms with Gasteiger partial charge in [-0.1, -0.05) is 22.9 Å². The number of benzene rings is 1. The van der Waals surface area contributed by atoms with Gasteiger partial charge >= 0.3 is 0 Å². The summed E-state index contributed by atoms with van der Waals surface area (Å²) >= 11 is 4.94. The highest BCUT2D eigenvalue weighted by molar-refractivity contribution is 9.10. The van der Waals surface area contributed by atoms with Gasteiger partial charge in [-0.3, -0.25) is 0 Å². The average molecular weight is 315 g/mol. The third-order valence-electron chi connectivity index (χ3n) is 2.46. The number of nitrogens with zero attached hydrogens (tertiary/aromatic N) is 1. The smallest absolute Gasteiger partial charge is 0.125 e. The molecule has 2 nitrogen and oxygen atoms in total. The minimum atomic E-state index is -0.259. The third-order valence-corrected chi connectivity index (χ3v) is 4.30. The number of hydrogen-bond acceptors (Lipinski definition) is 3. The van der Waals surface area contributed by atoms with Crippen LogP contribution >= 0.6 is 27.3 Å². The maximum absolute atomic E-state index is 13.2. The van der Waals surface area contributed by atoms with Gasteiger partial charge in [0.1, 0.15) is 10.8 Å². The molecule has 0 spiro atoms. The van der Waals surface area contributed by atoms with Crippen LogP contribution in [0.4, 0.5) is 4.39 Å². The van der Waals surface area contributed by atoms with Gasteiger partial charge in [-0.15, -0.1) is 11.3 Å². The van der Waals surface area contributed by atoms with Gasteiger partial charge in [0, 0.05) is 21.5 Å². The van der Waals surface area contributed by atoms with E-state index < -0.39 is 0 Å². The van der Waals surface area contributed by atoms with Crippen molar-refractivity contribution in [3.8, 4) is 10.6 Å². The topological polar surface area (TPSA) is 38.9 Å². The van der Waals surface area contributed by atoms with Gasteiger partial charge in [0.05, 0.1) is 5.69 Å². The monoisotopic (exact) mass is 314 g/mol. The lowest BCUT2D eigenvalue weighted by molar-refractivity contribution is 0.628. The van der Waals surface area contributed by atoms with Crippen LogP contribution < -0.4 is 5.73 Å². The van der Waals surface area contributed by atoms with E-state index in [-0.39, 0.29) is 5.82 Å². The van der Waals surface area contributed by atoms with E-state index in [1.165, 1.54) is 23.5 Å². The molecule has 0 aliphatic rings. The molecule has 1 heterocycles. The second-order valence-corrected chi connectivity index (χ2v) is 5.51. The summed E-state index contributed by atoms with van der Waals surface area (Å²) < 4.78 is 14.1. The Morgan fingerprint density at radius 3 is 2.82 bits per heavy atom. The van der Waals surface area contributed by atoms with Gasteiger partial charge in [-0.25, -0.2) is 9.37 Å². The molecule has 5 heteroatoms. The first-order valence-corrected chi connectivity index (χ1v) is 6.90. The van der Waals surface area contributed by atoms with Crippen LogP contribution in [0.25, 0.3) is 10.6 Å². The fourth-order valence-electron chi connectivity index (χ4n) is 1.60. The summed E-state index contributed by atoms with van der Waals surface area (Å²) in [5, 5.41) is 0.814. The number of nitrogens with two attached hydrogens (primary N) is 1. The molecule has 1 aromatic carbocycles. The average Bonchev–Trinajstić information content (AvgIpc) is 2.75. The van der Waals surface area contributed by atoms with E-state index in [1.54, 1.807) is 6.07 Å². The Morgan fingerprint density at radius 2 is 2.24 bits per heavy atom. The zero-order valence-corrected chi connectivity index (χ0v) is 11.7. The molecule has 0 saturated heterocycles. The molecule has 90 valence electrons. The van der Waals surface area contributed by atoms with Crippen molar-refractivity contribution >= 4 is 27.3 Å². The van der Waals surface area contributed by atoms with E-state index >= 15 is 0 Å². The summed E-state index contributed by atoms with van der Waals surface area (Å²) in [4.78, 5) is 5.58. The van der Waals surface area contributed by atoms with Crippen LogP contribution in [0.15, 0.2) is 22.7 Å². The second-order valence-electron chi connectivity index (χ2n) is 3.57. The molecule has 2 N–H and O–H groups in total. The molecule has 2 rings (SSSR count). The van der Waals surface area contributed by atoms with Crippen LogP contribution in [0.3, 0.4) is 0 Å². The lowest BCUT2D eigenvalue weighted by Gasteiger charge is -2.00. The van der Waals surface area contributed by atoms with Gasteiger partial charge in [-0.2, -0.15) is 0 Å². The summed E-state index contributed by atoms with van der Waals surface area (Å²) in [5.74, 6) is -0.259. The van der Waals surface area contributed by atoms with Gasteiger partial charge in [0.2, 0.25) is 0 Å². The highest BCUT2D eigenvalue weighted by Gasteiger charge is 2.13. The van der Waals surface area contributed by atoms with Crippen molar-refractivity contribution in [1.82, 2.24) is 4.98 Å². The van der Waals surface area contributed by atoms with Crippen LogP contribution in [0.5, 0.6) is 0 Å². The SMILES string of the molecule is CCc1nc(-c2cc(F)ccc2Br)sc1CN. The number of rotatable bonds is 3. The lowest BCUT2D eigenvalue weighted by atomic mass is 10.2. The Hall–Kier alpha value is -0.780. The van der Waals surface area contributed by atoms with Crippen LogP contribution in [0.1, 0.15) is 17.5 Å². The van der Waals surface area contributed by atoms with Crippen molar-refractivity contribution in [2.24, 2.45) is 5.73 Å². The van der Waals surface area contributed by atoms with Crippen molar-refractivity contribution in [3.63, 3.8) is 0 Å². The summed E-state index contributed by atoms with van der Waals surface area (Å²) in [7, 11) is 0. The number of halogens is 2. The molecule has 1 aromatic heterocycles. The second kappa shape index (κ2) is 5.25. The van der Waals surface area contributed by atoms with Crippen molar-refractivity contribution < 1.29 is 4.39 Å². The van der Waals surface area contributed by atoms with Crippen LogP contribution in [0, 0.1) is 5.82 Å². The van der Waals surface area contributed by atoms with E-state index in [4.69, 9.17) is 5.73 Å². The molecule has 0 bridgehead atoms. The fourth-order valence-corrected chi connectivity index (χ4v) is 3.22. The number of aryl methyl sites for hydroxylation is 1. The highest BCUT2D eigenvalue weighted by Crippen LogP contribution is 2.33. The van der Waals surface area contributed by atoms with Crippen molar-refractivity contribution in [3.05, 3.63) is 39.1 Å². The summed E-state index contributed by atoms with van der Waals surface area (Å²) in [6.07, 6.45) is 0.843. The summed E-state index contributed by atoms with van der Waals surface area (Å²) in [6, 6.07) is 4.61. The molecule has 0 radical (unpaired) electrons. The minimum absolute atomic E-state index is 0.259. The van der Waals surface area contributed by atoms with E-state index in [0.717, 1.165) is 32.0 Å². The molecule has 0 amide bonds. The lowest BCUT2D eigenvalue weighted by Crippen LogP contribution is -1.96. The largest absolute Gasteiger partial charge is 0.326 e. The molecule has 17 heavy (non-hydrogen) atoms. The fraction of sp³-hybridized carbons (Fsp3) is 0.250. The van der Waals surface area contributed by atoms with Crippen molar-refractivity contribution in [1.29, 1.82) is 0 Å². The van der Waals surface area contributed by atoms with Crippen molar-refractivity contribution in [2.75, 3.05) is 0 Å². The number of aromatic nitrogens is 1. The maximum atomic E-state index is 13.2. The Morgan fingerprint density at radius 1 is 1.47 bits per heavy atom. The van der Waals surface area contributed by atoms with Crippen LogP contribution in [-0.4, -0.2) is 4.98 Å². The minimum Gasteiger partial charge on any atom is -0.326 e. The number of hydrogen-bond donors (Lipinski definition) is 1. The summed E-state index contributed by atoms with van der Waals surface area (Å²) in [6.45, 7) is 2.52. The molecule has 0 aliphatic heterocycles. The Kier molecular flexibility index (Phi) is 3.91. The molecule has 0 unspecified atom stereocenters. The molecule has 2 aromatic rings. The Labute approximate surface area is 112 Å². The normalized spacial score (nSPS) is 10.8. The van der Waals surface area contributed by atoms with E-state index in [1.807, 2.05) is 6.92 Å². The number of thiazole rings is 1. The predicted molar refractivity (Wildman–Crippen MR) is 72.5 cm³/mol. The predicted octanol–water partition coefficient (Wildman–Crippen LogP) is 3.73. The van der Waals surface area contributed by atoms with E-state index in [2.05, 4.69) is 20.9 Å². The zero-order chi connectivity index (χ0) is 12.4. The third kappa shape index (κ3) is 2.56. The molecular weight excluding hydrogens is 303 g/mol. The maximum Gasteiger partial charge on any atom is 0.125 e. The molecule has 0 aliphatic carbocycles. The van der Waals surface area contributed by atoms with E-state index in [9.17, 15) is 4.39 Å². The molecular formula is C12H12BrFN2S. The van der Waals surface area contributed by atoms with Gasteiger partial charge in [0.25, 0.3) is 0 Å². The molecule has 0 saturated carbocycles. The first kappa shape index (κ1) is 12.7. The van der Waals surface area contributed by atoms with Gasteiger partial charge < -0.3 is 5.73 Å². The van der Waals surface area contributed by atoms with Gasteiger partial charge in [0.15, 0.2) is 0 Å². The van der Waals surface area contributed by atoms with Crippen molar-refractivity contribution in [2.45, 2.75) is 19.9 Å². The first-order chi connectivity index (χ1) is 8.15. The Bertz CT molecular complexity index is 518. The van der Waals surface area contributed by atoms with Gasteiger partial charge in [-0.05, 0) is 24.6 Å². The first-order valence-electron chi connectivity index (χ1n) is 5.29.